The third-order valence-corrected chi connectivity index (χ3v) is 6.66. The SMILES string of the molecule is N#Cc1ccc(N2CC3=C[C@H]2CN3[C@@H]2C=C(c3cc4ncccc4c(=O)[nH]3)CC2)cc1. The third-order valence-electron chi connectivity index (χ3n) is 6.66. The van der Waals surface area contributed by atoms with Crippen molar-refractivity contribution in [3.8, 4) is 6.07 Å². The van der Waals surface area contributed by atoms with Gasteiger partial charge < -0.3 is 14.8 Å². The fourth-order valence-corrected chi connectivity index (χ4v) is 5.10. The molecule has 1 aliphatic carbocycles. The van der Waals surface area contributed by atoms with Crippen LogP contribution in [0.4, 0.5) is 5.69 Å². The zero-order valence-electron chi connectivity index (χ0n) is 17.0. The van der Waals surface area contributed by atoms with Crippen molar-refractivity contribution in [2.75, 3.05) is 18.0 Å². The molecule has 1 N–H and O–H groups in total. The molecule has 0 spiro atoms. The maximum atomic E-state index is 12.4. The minimum Gasteiger partial charge on any atom is -0.365 e. The quantitative estimate of drug-likeness (QED) is 0.720. The Morgan fingerprint density at radius 2 is 1.97 bits per heavy atom. The Kier molecular flexibility index (Phi) is 3.97. The highest BCUT2D eigenvalue weighted by atomic mass is 16.1. The molecule has 6 rings (SSSR count). The predicted octanol–water partition coefficient (Wildman–Crippen LogP) is 3.43. The number of nitriles is 1. The lowest BCUT2D eigenvalue weighted by Gasteiger charge is -2.39. The smallest absolute Gasteiger partial charge is 0.257 e. The minimum atomic E-state index is -0.0778. The Bertz CT molecular complexity index is 1340. The van der Waals surface area contributed by atoms with E-state index in [0.717, 1.165) is 37.1 Å². The van der Waals surface area contributed by atoms with E-state index in [0.29, 0.717) is 23.0 Å². The van der Waals surface area contributed by atoms with Gasteiger partial charge >= 0.3 is 0 Å². The van der Waals surface area contributed by atoms with Crippen LogP contribution in [0.1, 0.15) is 24.1 Å². The van der Waals surface area contributed by atoms with Crippen LogP contribution in [0.15, 0.2) is 71.3 Å². The number of benzene rings is 1. The van der Waals surface area contributed by atoms with Gasteiger partial charge in [-0.3, -0.25) is 9.78 Å². The number of fused-ring (bicyclic) bond motifs is 2. The Balaban J connectivity index is 1.21. The number of nitrogens with one attached hydrogen (secondary N) is 1. The lowest BCUT2D eigenvalue weighted by molar-refractivity contribution is 0.279. The number of anilines is 1. The molecule has 0 fully saturated rings. The number of aromatic amines is 1. The Morgan fingerprint density at radius 3 is 2.74 bits per heavy atom. The van der Waals surface area contributed by atoms with Gasteiger partial charge in [-0.25, -0.2) is 0 Å². The largest absolute Gasteiger partial charge is 0.365 e. The van der Waals surface area contributed by atoms with E-state index in [1.807, 2.05) is 36.4 Å². The number of H-pyrrole nitrogens is 1. The summed E-state index contributed by atoms with van der Waals surface area (Å²) >= 11 is 0. The van der Waals surface area contributed by atoms with E-state index < -0.39 is 0 Å². The van der Waals surface area contributed by atoms with E-state index in [4.69, 9.17) is 5.26 Å². The van der Waals surface area contributed by atoms with Crippen molar-refractivity contribution in [3.63, 3.8) is 0 Å². The summed E-state index contributed by atoms with van der Waals surface area (Å²) in [5.74, 6) is 0. The van der Waals surface area contributed by atoms with Gasteiger partial charge in [0.2, 0.25) is 0 Å². The van der Waals surface area contributed by atoms with E-state index in [-0.39, 0.29) is 5.56 Å². The molecule has 6 nitrogen and oxygen atoms in total. The highest BCUT2D eigenvalue weighted by Gasteiger charge is 2.39. The lowest BCUT2D eigenvalue weighted by Crippen LogP contribution is -2.46. The molecule has 0 amide bonds. The van der Waals surface area contributed by atoms with Crippen LogP contribution in [-0.4, -0.2) is 40.0 Å². The third kappa shape index (κ3) is 2.93. The molecule has 2 bridgehead atoms. The topological polar surface area (TPSA) is 76.0 Å². The van der Waals surface area contributed by atoms with Crippen LogP contribution in [-0.2, 0) is 0 Å². The molecular weight excluding hydrogens is 386 g/mol. The summed E-state index contributed by atoms with van der Waals surface area (Å²) in [5.41, 5.74) is 5.97. The van der Waals surface area contributed by atoms with E-state index >= 15 is 0 Å². The summed E-state index contributed by atoms with van der Waals surface area (Å²) in [6.07, 6.45) is 8.41. The minimum absolute atomic E-state index is 0.0778. The molecule has 3 aromatic rings. The van der Waals surface area contributed by atoms with E-state index in [1.54, 1.807) is 12.3 Å². The van der Waals surface area contributed by atoms with Crippen LogP contribution in [0, 0.1) is 11.3 Å². The maximum Gasteiger partial charge on any atom is 0.257 e. The second-order valence-corrected chi connectivity index (χ2v) is 8.41. The first kappa shape index (κ1) is 18.0. The molecule has 3 aliphatic rings. The van der Waals surface area contributed by atoms with Crippen LogP contribution >= 0.6 is 0 Å². The number of rotatable bonds is 3. The van der Waals surface area contributed by atoms with Crippen molar-refractivity contribution in [1.29, 1.82) is 5.26 Å². The van der Waals surface area contributed by atoms with E-state index in [9.17, 15) is 4.79 Å². The summed E-state index contributed by atoms with van der Waals surface area (Å²) in [6, 6.07) is 16.3. The van der Waals surface area contributed by atoms with Gasteiger partial charge in [0, 0.05) is 35.9 Å². The number of aromatic nitrogens is 2. The number of hydrogen-bond acceptors (Lipinski definition) is 5. The molecule has 2 aromatic heterocycles. The average molecular weight is 407 g/mol. The van der Waals surface area contributed by atoms with Gasteiger partial charge in [-0.1, -0.05) is 6.08 Å². The zero-order chi connectivity index (χ0) is 20.9. The van der Waals surface area contributed by atoms with E-state index in [2.05, 4.69) is 38.0 Å². The van der Waals surface area contributed by atoms with Gasteiger partial charge in [-0.05, 0) is 67.0 Å². The van der Waals surface area contributed by atoms with Crippen LogP contribution in [0.5, 0.6) is 0 Å². The molecular formula is C25H21N5O. The summed E-state index contributed by atoms with van der Waals surface area (Å²) in [6.45, 7) is 1.87. The van der Waals surface area contributed by atoms with Crippen molar-refractivity contribution in [2.45, 2.75) is 24.9 Å². The van der Waals surface area contributed by atoms with Crippen LogP contribution in [0.2, 0.25) is 0 Å². The second-order valence-electron chi connectivity index (χ2n) is 8.41. The van der Waals surface area contributed by atoms with Gasteiger partial charge in [0.15, 0.2) is 0 Å². The Morgan fingerprint density at radius 1 is 1.10 bits per heavy atom. The average Bonchev–Trinajstić information content (AvgIpc) is 3.55. The molecule has 0 unspecified atom stereocenters. The molecule has 0 saturated carbocycles. The predicted molar refractivity (Wildman–Crippen MR) is 120 cm³/mol. The van der Waals surface area contributed by atoms with Gasteiger partial charge in [0.05, 0.1) is 35.1 Å². The molecule has 2 aliphatic heterocycles. The Labute approximate surface area is 179 Å². The van der Waals surface area contributed by atoms with Crippen molar-refractivity contribution in [3.05, 3.63) is 88.1 Å². The van der Waals surface area contributed by atoms with Crippen LogP contribution < -0.4 is 10.5 Å². The number of allylic oxidation sites excluding steroid dienone is 1. The highest BCUT2D eigenvalue weighted by Crippen LogP contribution is 2.38. The summed E-state index contributed by atoms with van der Waals surface area (Å²) < 4.78 is 0. The Hall–Kier alpha value is -3.85. The van der Waals surface area contributed by atoms with Crippen molar-refractivity contribution in [2.24, 2.45) is 0 Å². The fourth-order valence-electron chi connectivity index (χ4n) is 5.10. The molecule has 6 heteroatoms. The van der Waals surface area contributed by atoms with Crippen molar-refractivity contribution < 1.29 is 0 Å². The van der Waals surface area contributed by atoms with Crippen LogP contribution in [0.25, 0.3) is 16.5 Å². The number of nitrogens with zero attached hydrogens (tertiary/aromatic N) is 4. The summed E-state index contributed by atoms with van der Waals surface area (Å²) in [4.78, 5) is 24.8. The number of piperazine rings is 1. The second kappa shape index (κ2) is 6.85. The summed E-state index contributed by atoms with van der Waals surface area (Å²) in [5, 5.41) is 9.65. The maximum absolute atomic E-state index is 12.4. The molecule has 31 heavy (non-hydrogen) atoms. The first-order valence-electron chi connectivity index (χ1n) is 10.6. The highest BCUT2D eigenvalue weighted by molar-refractivity contribution is 5.81. The van der Waals surface area contributed by atoms with Gasteiger partial charge in [-0.15, -0.1) is 0 Å². The normalized spacial score (nSPS) is 22.0. The van der Waals surface area contributed by atoms with Gasteiger partial charge in [0.25, 0.3) is 5.56 Å². The first-order chi connectivity index (χ1) is 15.2. The zero-order valence-corrected chi connectivity index (χ0v) is 17.0. The molecule has 152 valence electrons. The van der Waals surface area contributed by atoms with E-state index in [1.165, 1.54) is 17.0 Å². The lowest BCUT2D eigenvalue weighted by atomic mass is 10.1. The molecule has 1 aromatic carbocycles. The van der Waals surface area contributed by atoms with Crippen molar-refractivity contribution >= 4 is 22.2 Å². The monoisotopic (exact) mass is 407 g/mol. The van der Waals surface area contributed by atoms with Crippen molar-refractivity contribution in [1.82, 2.24) is 14.9 Å². The fraction of sp³-hybridized carbons (Fsp3) is 0.240. The molecule has 0 radical (unpaired) electrons. The van der Waals surface area contributed by atoms with Gasteiger partial charge in [-0.2, -0.15) is 5.26 Å². The first-order valence-corrected chi connectivity index (χ1v) is 10.6. The summed E-state index contributed by atoms with van der Waals surface area (Å²) in [7, 11) is 0. The number of pyridine rings is 2. The standard InChI is InChI=1S/C25H21N5O/c26-13-16-3-6-18(7-4-16)29-14-21-11-20(29)15-30(21)19-8-5-17(10-19)23-12-24-22(25(31)28-23)2-1-9-27-24/h1-4,6-7,9-12,19-20H,5,8,14-15H2,(H,28,31)/t19-,20-/m0/s1. The molecule has 4 heterocycles. The molecule has 0 saturated heterocycles. The van der Waals surface area contributed by atoms with Gasteiger partial charge in [0.1, 0.15) is 0 Å². The number of hydrogen-bond donors (Lipinski definition) is 1. The molecule has 2 atom stereocenters. The van der Waals surface area contributed by atoms with Crippen LogP contribution in [0.3, 0.4) is 0 Å².